The fourth-order valence-corrected chi connectivity index (χ4v) is 2.97. The lowest BCUT2D eigenvalue weighted by Crippen LogP contribution is -2.28. The summed E-state index contributed by atoms with van der Waals surface area (Å²) in [7, 11) is 1.66. The number of thioether (sulfide) groups is 1. The highest BCUT2D eigenvalue weighted by atomic mass is 32.2. The zero-order valence-corrected chi connectivity index (χ0v) is 14.5. The first-order chi connectivity index (χ1) is 12.1. The third kappa shape index (κ3) is 4.45. The van der Waals surface area contributed by atoms with E-state index in [1.165, 1.54) is 22.7 Å². The van der Waals surface area contributed by atoms with Crippen molar-refractivity contribution in [1.29, 1.82) is 0 Å². The van der Waals surface area contributed by atoms with Crippen LogP contribution in [0.4, 0.5) is 4.39 Å². The number of rotatable bonds is 6. The first-order valence-electron chi connectivity index (χ1n) is 7.71. The second-order valence-electron chi connectivity index (χ2n) is 5.44. The minimum atomic E-state index is -0.307. The van der Waals surface area contributed by atoms with Gasteiger partial charge in [0.15, 0.2) is 0 Å². The SMILES string of the molecule is CN(Cc1ccccc1F)C(=O)CSc1ncn(-c2ccccc2)n1. The van der Waals surface area contributed by atoms with Crippen LogP contribution in [0.3, 0.4) is 0 Å². The Morgan fingerprint density at radius 3 is 2.64 bits per heavy atom. The van der Waals surface area contributed by atoms with Gasteiger partial charge in [-0.3, -0.25) is 4.79 Å². The molecule has 0 bridgehead atoms. The molecule has 5 nitrogen and oxygen atoms in total. The van der Waals surface area contributed by atoms with E-state index in [1.54, 1.807) is 36.3 Å². The first-order valence-corrected chi connectivity index (χ1v) is 8.69. The molecule has 0 aliphatic heterocycles. The molecule has 3 aromatic rings. The number of carbonyl (C=O) groups is 1. The lowest BCUT2D eigenvalue weighted by atomic mass is 10.2. The summed E-state index contributed by atoms with van der Waals surface area (Å²) in [6, 6.07) is 16.1. The number of nitrogens with zero attached hydrogens (tertiary/aromatic N) is 4. The van der Waals surface area contributed by atoms with Gasteiger partial charge >= 0.3 is 0 Å². The number of para-hydroxylation sites is 1. The van der Waals surface area contributed by atoms with Gasteiger partial charge in [0, 0.05) is 19.2 Å². The molecule has 128 valence electrons. The van der Waals surface area contributed by atoms with Crippen molar-refractivity contribution in [2.24, 2.45) is 0 Å². The average molecular weight is 356 g/mol. The Kier molecular flexibility index (Phi) is 5.45. The Balaban J connectivity index is 1.55. The number of amides is 1. The Morgan fingerprint density at radius 1 is 1.16 bits per heavy atom. The Hall–Kier alpha value is -2.67. The summed E-state index contributed by atoms with van der Waals surface area (Å²) in [6.07, 6.45) is 1.62. The third-order valence-electron chi connectivity index (χ3n) is 3.61. The molecule has 0 saturated carbocycles. The quantitative estimate of drug-likeness (QED) is 0.637. The van der Waals surface area contributed by atoms with Gasteiger partial charge in [-0.1, -0.05) is 48.2 Å². The van der Waals surface area contributed by atoms with E-state index in [2.05, 4.69) is 10.1 Å². The van der Waals surface area contributed by atoms with Gasteiger partial charge in [-0.2, -0.15) is 0 Å². The lowest BCUT2D eigenvalue weighted by molar-refractivity contribution is -0.127. The Morgan fingerprint density at radius 2 is 1.88 bits per heavy atom. The number of carbonyl (C=O) groups excluding carboxylic acids is 1. The predicted octanol–water partition coefficient (Wildman–Crippen LogP) is 3.16. The van der Waals surface area contributed by atoms with E-state index in [0.29, 0.717) is 10.7 Å². The van der Waals surface area contributed by atoms with Crippen LogP contribution in [-0.2, 0) is 11.3 Å². The van der Waals surface area contributed by atoms with E-state index in [0.717, 1.165) is 5.69 Å². The fourth-order valence-electron chi connectivity index (χ4n) is 2.23. The minimum absolute atomic E-state index is 0.107. The standard InChI is InChI=1S/C18H17FN4OS/c1-22(11-14-7-5-6-10-16(14)19)17(24)12-25-18-20-13-23(21-18)15-8-3-2-4-9-15/h2-10,13H,11-12H2,1H3. The molecule has 0 radical (unpaired) electrons. The molecule has 0 N–H and O–H groups in total. The molecule has 0 saturated heterocycles. The maximum atomic E-state index is 13.7. The van der Waals surface area contributed by atoms with Crippen LogP contribution in [0.5, 0.6) is 0 Å². The zero-order valence-electron chi connectivity index (χ0n) is 13.7. The molecule has 0 aliphatic carbocycles. The van der Waals surface area contributed by atoms with Gasteiger partial charge in [-0.05, 0) is 18.2 Å². The second kappa shape index (κ2) is 7.94. The van der Waals surface area contributed by atoms with Crippen molar-refractivity contribution < 1.29 is 9.18 Å². The van der Waals surface area contributed by atoms with Crippen LogP contribution in [0.2, 0.25) is 0 Å². The van der Waals surface area contributed by atoms with Gasteiger partial charge in [0.1, 0.15) is 12.1 Å². The van der Waals surface area contributed by atoms with Crippen molar-refractivity contribution in [1.82, 2.24) is 19.7 Å². The van der Waals surface area contributed by atoms with Crippen molar-refractivity contribution in [3.63, 3.8) is 0 Å². The van der Waals surface area contributed by atoms with Crippen LogP contribution in [0.1, 0.15) is 5.56 Å². The maximum Gasteiger partial charge on any atom is 0.233 e. The van der Waals surface area contributed by atoms with Crippen LogP contribution in [0.15, 0.2) is 66.1 Å². The fraction of sp³-hybridized carbons (Fsp3) is 0.167. The van der Waals surface area contributed by atoms with Crippen molar-refractivity contribution in [2.75, 3.05) is 12.8 Å². The summed E-state index contributed by atoms with van der Waals surface area (Å²) in [5, 5.41) is 4.87. The number of hydrogen-bond acceptors (Lipinski definition) is 4. The maximum absolute atomic E-state index is 13.7. The summed E-state index contributed by atoms with van der Waals surface area (Å²) in [4.78, 5) is 17.9. The highest BCUT2D eigenvalue weighted by Gasteiger charge is 2.13. The van der Waals surface area contributed by atoms with E-state index >= 15 is 0 Å². The number of hydrogen-bond donors (Lipinski definition) is 0. The summed E-state index contributed by atoms with van der Waals surface area (Å²) >= 11 is 1.26. The topological polar surface area (TPSA) is 51.0 Å². The van der Waals surface area contributed by atoms with E-state index in [9.17, 15) is 9.18 Å². The molecule has 2 aromatic carbocycles. The Labute approximate surface area is 149 Å². The van der Waals surface area contributed by atoms with Crippen molar-refractivity contribution in [3.05, 3.63) is 72.3 Å². The van der Waals surface area contributed by atoms with Gasteiger partial charge in [0.25, 0.3) is 0 Å². The molecule has 1 amide bonds. The summed E-state index contributed by atoms with van der Waals surface area (Å²) in [5.74, 6) is -0.216. The normalized spacial score (nSPS) is 10.6. The second-order valence-corrected chi connectivity index (χ2v) is 6.38. The molecule has 0 aliphatic rings. The van der Waals surface area contributed by atoms with Crippen LogP contribution in [0, 0.1) is 5.82 Å². The van der Waals surface area contributed by atoms with Crippen LogP contribution in [-0.4, -0.2) is 38.4 Å². The van der Waals surface area contributed by atoms with Gasteiger partial charge < -0.3 is 4.90 Å². The van der Waals surface area contributed by atoms with E-state index < -0.39 is 0 Å². The minimum Gasteiger partial charge on any atom is -0.341 e. The molecule has 7 heteroatoms. The molecule has 3 rings (SSSR count). The molecular weight excluding hydrogens is 339 g/mol. The van der Waals surface area contributed by atoms with E-state index in [-0.39, 0.29) is 24.0 Å². The van der Waals surface area contributed by atoms with Gasteiger partial charge in [0.2, 0.25) is 11.1 Å². The molecular formula is C18H17FN4OS. The summed E-state index contributed by atoms with van der Waals surface area (Å²) < 4.78 is 15.3. The average Bonchev–Trinajstić information content (AvgIpc) is 3.11. The molecule has 1 aromatic heterocycles. The third-order valence-corrected chi connectivity index (χ3v) is 4.44. The Bertz CT molecular complexity index is 853. The van der Waals surface area contributed by atoms with Crippen LogP contribution < -0.4 is 0 Å². The van der Waals surface area contributed by atoms with Crippen LogP contribution >= 0.6 is 11.8 Å². The molecule has 0 atom stereocenters. The van der Waals surface area contributed by atoms with Crippen molar-refractivity contribution in [2.45, 2.75) is 11.7 Å². The van der Waals surface area contributed by atoms with Crippen LogP contribution in [0.25, 0.3) is 5.69 Å². The lowest BCUT2D eigenvalue weighted by Gasteiger charge is -2.17. The van der Waals surface area contributed by atoms with Gasteiger partial charge in [-0.25, -0.2) is 14.1 Å². The van der Waals surface area contributed by atoms with Crippen molar-refractivity contribution >= 4 is 17.7 Å². The number of benzene rings is 2. The largest absolute Gasteiger partial charge is 0.341 e. The summed E-state index contributed by atoms with van der Waals surface area (Å²) in [6.45, 7) is 0.234. The first kappa shape index (κ1) is 17.2. The molecule has 25 heavy (non-hydrogen) atoms. The molecule has 1 heterocycles. The monoisotopic (exact) mass is 356 g/mol. The smallest absolute Gasteiger partial charge is 0.233 e. The predicted molar refractivity (Wildman–Crippen MR) is 95.0 cm³/mol. The number of halogens is 1. The highest BCUT2D eigenvalue weighted by Crippen LogP contribution is 2.16. The van der Waals surface area contributed by atoms with Crippen molar-refractivity contribution in [3.8, 4) is 5.69 Å². The highest BCUT2D eigenvalue weighted by molar-refractivity contribution is 7.99. The zero-order chi connectivity index (χ0) is 17.6. The number of aromatic nitrogens is 3. The molecule has 0 unspecified atom stereocenters. The molecule has 0 spiro atoms. The van der Waals surface area contributed by atoms with Gasteiger partial charge in [0.05, 0.1) is 11.4 Å². The van der Waals surface area contributed by atoms with E-state index in [4.69, 9.17) is 0 Å². The molecule has 0 fully saturated rings. The van der Waals surface area contributed by atoms with Gasteiger partial charge in [-0.15, -0.1) is 5.10 Å². The summed E-state index contributed by atoms with van der Waals surface area (Å²) in [5.41, 5.74) is 1.40. The van der Waals surface area contributed by atoms with E-state index in [1.807, 2.05) is 30.3 Å².